The third-order valence-electron chi connectivity index (χ3n) is 5.34. The molecule has 1 unspecified atom stereocenters. The van der Waals surface area contributed by atoms with Crippen molar-refractivity contribution in [3.8, 4) is 0 Å². The van der Waals surface area contributed by atoms with Crippen molar-refractivity contribution < 1.29 is 9.90 Å². The van der Waals surface area contributed by atoms with Crippen molar-refractivity contribution in [2.24, 2.45) is 5.73 Å². The molecule has 0 fully saturated rings. The average Bonchev–Trinajstić information content (AvgIpc) is 3.64. The summed E-state index contributed by atoms with van der Waals surface area (Å²) in [4.78, 5) is 32.8. The van der Waals surface area contributed by atoms with Crippen LogP contribution >= 0.6 is 0 Å². The SMILES string of the molecule is C1=Cc2cc3ccc(cc4nc(cc5ccc(cc1n2)[nH]5)C=C4)[nH]3.NC(Cc1c[nH]cn1)C(=O)O. The van der Waals surface area contributed by atoms with Gasteiger partial charge < -0.3 is 25.8 Å². The highest BCUT2D eigenvalue weighted by Gasteiger charge is 2.12. The normalized spacial score (nSPS) is 12.7. The Hall–Kier alpha value is -4.76. The zero-order valence-corrected chi connectivity index (χ0v) is 18.6. The Morgan fingerprint density at radius 3 is 1.57 bits per heavy atom. The predicted octanol–water partition coefficient (Wildman–Crippen LogP) is 4.02. The molecule has 0 aliphatic carbocycles. The summed E-state index contributed by atoms with van der Waals surface area (Å²) in [5.74, 6) is -1.01. The molecule has 9 nitrogen and oxygen atoms in total. The number of imidazole rings is 1. The summed E-state index contributed by atoms with van der Waals surface area (Å²) in [5.41, 5.74) is 13.8. The molecule has 0 spiro atoms. The van der Waals surface area contributed by atoms with Crippen molar-refractivity contribution in [2.75, 3.05) is 0 Å². The molecule has 4 aromatic rings. The molecule has 0 radical (unpaired) electrons. The molecule has 2 aliphatic rings. The van der Waals surface area contributed by atoms with Crippen LogP contribution in [0.1, 0.15) is 28.5 Å². The molecule has 0 amide bonds. The van der Waals surface area contributed by atoms with E-state index in [0.29, 0.717) is 5.69 Å². The van der Waals surface area contributed by atoms with E-state index in [0.717, 1.165) is 44.8 Å². The number of rotatable bonds is 3. The number of nitrogens with one attached hydrogen (secondary N) is 3. The molecule has 6 rings (SSSR count). The number of nitrogens with two attached hydrogens (primary N) is 1. The fourth-order valence-corrected chi connectivity index (χ4v) is 3.66. The molecule has 1 atom stereocenters. The Kier molecular flexibility index (Phi) is 6.06. The zero-order chi connectivity index (χ0) is 24.2. The van der Waals surface area contributed by atoms with Crippen molar-refractivity contribution in [3.05, 3.63) is 89.5 Å². The minimum atomic E-state index is -1.01. The van der Waals surface area contributed by atoms with E-state index < -0.39 is 12.0 Å². The van der Waals surface area contributed by atoms with Crippen LogP contribution in [-0.2, 0) is 11.2 Å². The van der Waals surface area contributed by atoms with Crippen LogP contribution in [0.5, 0.6) is 0 Å². The molecule has 0 saturated carbocycles. The van der Waals surface area contributed by atoms with E-state index in [2.05, 4.69) is 54.2 Å². The summed E-state index contributed by atoms with van der Waals surface area (Å²) in [7, 11) is 0. The Labute approximate surface area is 200 Å². The van der Waals surface area contributed by atoms with E-state index in [9.17, 15) is 4.79 Å². The number of hydrogen-bond acceptors (Lipinski definition) is 5. The predicted molar refractivity (Wildman–Crippen MR) is 137 cm³/mol. The van der Waals surface area contributed by atoms with Crippen LogP contribution in [0.4, 0.5) is 0 Å². The fraction of sp³-hybridized carbons (Fsp3) is 0.0769. The summed E-state index contributed by atoms with van der Waals surface area (Å²) >= 11 is 0. The number of carbonyl (C=O) groups is 1. The van der Waals surface area contributed by atoms with Crippen LogP contribution in [0.2, 0.25) is 0 Å². The molecule has 4 aromatic heterocycles. The Morgan fingerprint density at radius 1 is 0.800 bits per heavy atom. The largest absolute Gasteiger partial charge is 0.480 e. The van der Waals surface area contributed by atoms with Crippen molar-refractivity contribution in [2.45, 2.75) is 12.5 Å². The van der Waals surface area contributed by atoms with Gasteiger partial charge in [-0.05, 0) is 72.8 Å². The van der Waals surface area contributed by atoms with Crippen LogP contribution < -0.4 is 5.73 Å². The Balaban J connectivity index is 0.000000195. The van der Waals surface area contributed by atoms with Crippen molar-refractivity contribution in [3.63, 3.8) is 0 Å². The lowest BCUT2D eigenvalue weighted by Crippen LogP contribution is -2.32. The lowest BCUT2D eigenvalue weighted by Gasteiger charge is -2.01. The van der Waals surface area contributed by atoms with Gasteiger partial charge in [0.1, 0.15) is 6.04 Å². The molecular formula is C26H23N7O2. The van der Waals surface area contributed by atoms with Crippen LogP contribution in [0, 0.1) is 0 Å². The van der Waals surface area contributed by atoms with Gasteiger partial charge in [0.2, 0.25) is 0 Å². The topological polar surface area (TPSA) is 149 Å². The van der Waals surface area contributed by atoms with E-state index in [1.54, 1.807) is 6.20 Å². The highest BCUT2D eigenvalue weighted by molar-refractivity contribution is 5.77. The maximum atomic E-state index is 10.3. The number of aliphatic carboxylic acids is 1. The van der Waals surface area contributed by atoms with Gasteiger partial charge in [0.15, 0.2) is 0 Å². The highest BCUT2D eigenvalue weighted by Crippen LogP contribution is 2.16. The van der Waals surface area contributed by atoms with Crippen LogP contribution in [-0.4, -0.2) is 47.0 Å². The number of carboxylic acids is 1. The monoisotopic (exact) mass is 465 g/mol. The maximum Gasteiger partial charge on any atom is 0.320 e. The van der Waals surface area contributed by atoms with Crippen molar-refractivity contribution >= 4 is 52.3 Å². The second kappa shape index (κ2) is 9.62. The first-order valence-electron chi connectivity index (χ1n) is 11.0. The number of H-pyrrole nitrogens is 3. The number of nitrogens with zero attached hydrogens (tertiary/aromatic N) is 3. The van der Waals surface area contributed by atoms with E-state index in [-0.39, 0.29) is 6.42 Å². The summed E-state index contributed by atoms with van der Waals surface area (Å²) in [5, 5.41) is 8.42. The van der Waals surface area contributed by atoms with E-state index in [4.69, 9.17) is 10.8 Å². The Bertz CT molecular complexity index is 1400. The first-order valence-corrected chi connectivity index (χ1v) is 11.0. The number of aromatic nitrogens is 6. The quantitative estimate of drug-likeness (QED) is 0.266. The lowest BCUT2D eigenvalue weighted by atomic mass is 10.2. The van der Waals surface area contributed by atoms with Crippen molar-refractivity contribution in [1.82, 2.24) is 29.9 Å². The number of carboxylic acid groups (broad SMARTS) is 1. The summed E-state index contributed by atoms with van der Waals surface area (Å²) < 4.78 is 0. The van der Waals surface area contributed by atoms with Gasteiger partial charge >= 0.3 is 5.97 Å². The maximum absolute atomic E-state index is 10.3. The molecule has 35 heavy (non-hydrogen) atoms. The average molecular weight is 466 g/mol. The van der Waals surface area contributed by atoms with Crippen LogP contribution in [0.15, 0.2) is 61.1 Å². The van der Waals surface area contributed by atoms with Gasteiger partial charge in [-0.2, -0.15) is 0 Å². The molecule has 6 N–H and O–H groups in total. The van der Waals surface area contributed by atoms with E-state index in [1.165, 1.54) is 6.33 Å². The summed E-state index contributed by atoms with van der Waals surface area (Å²) in [6.45, 7) is 0. The number of aromatic amines is 3. The minimum Gasteiger partial charge on any atom is -0.480 e. The van der Waals surface area contributed by atoms with Gasteiger partial charge in [0.05, 0.1) is 34.8 Å². The molecule has 0 saturated heterocycles. The van der Waals surface area contributed by atoms with Crippen molar-refractivity contribution in [1.29, 1.82) is 0 Å². The molecular weight excluding hydrogens is 442 g/mol. The lowest BCUT2D eigenvalue weighted by molar-refractivity contribution is -0.138. The second-order valence-corrected chi connectivity index (χ2v) is 8.11. The van der Waals surface area contributed by atoms with Crippen LogP contribution in [0.25, 0.3) is 46.4 Å². The minimum absolute atomic E-state index is 0.263. The highest BCUT2D eigenvalue weighted by atomic mass is 16.4. The molecule has 174 valence electrons. The molecule has 6 heterocycles. The smallest absolute Gasteiger partial charge is 0.320 e. The second-order valence-electron chi connectivity index (χ2n) is 8.11. The molecule has 9 heteroatoms. The van der Waals surface area contributed by atoms with Gasteiger partial charge in [-0.1, -0.05) is 0 Å². The standard InChI is InChI=1S/C20H14N4.C6H9N3O2/c1-2-14-10-16-5-6-18(23-16)12-20-8-7-19(24-20)11-17-4-3-15(22-17)9-13(1)21-14;7-5(6(10)11)1-4-2-8-3-9-4/h1-12,21,24H;2-3,5H,1,7H2,(H,8,9)(H,10,11). The summed E-state index contributed by atoms with van der Waals surface area (Å²) in [6, 6.07) is 15.5. The first-order chi connectivity index (χ1) is 17.0. The third kappa shape index (κ3) is 5.60. The van der Waals surface area contributed by atoms with E-state index in [1.807, 2.05) is 48.6 Å². The summed E-state index contributed by atoms with van der Waals surface area (Å²) in [6.07, 6.45) is 11.5. The number of fused-ring (bicyclic) bond motifs is 8. The van der Waals surface area contributed by atoms with Gasteiger partial charge in [0.25, 0.3) is 0 Å². The Morgan fingerprint density at radius 2 is 1.23 bits per heavy atom. The van der Waals surface area contributed by atoms with E-state index >= 15 is 0 Å². The van der Waals surface area contributed by atoms with Crippen LogP contribution in [0.3, 0.4) is 0 Å². The number of hydrogen-bond donors (Lipinski definition) is 5. The molecule has 2 aliphatic heterocycles. The van der Waals surface area contributed by atoms with Gasteiger partial charge in [-0.3, -0.25) is 4.79 Å². The van der Waals surface area contributed by atoms with Gasteiger partial charge in [-0.25, -0.2) is 15.0 Å². The van der Waals surface area contributed by atoms with Gasteiger partial charge in [0, 0.05) is 34.7 Å². The third-order valence-corrected chi connectivity index (χ3v) is 5.34. The first kappa shape index (κ1) is 22.1. The zero-order valence-electron chi connectivity index (χ0n) is 18.6. The molecule has 8 bridgehead atoms. The fourth-order valence-electron chi connectivity index (χ4n) is 3.66. The molecule has 0 aromatic carbocycles. The van der Waals surface area contributed by atoms with Gasteiger partial charge in [-0.15, -0.1) is 0 Å².